The molecule has 0 spiro atoms. The first kappa shape index (κ1) is 17.6. The Balaban J connectivity index is 1.67. The molecule has 130 valence electrons. The Bertz CT molecular complexity index is 839. The van der Waals surface area contributed by atoms with Crippen molar-refractivity contribution in [3.63, 3.8) is 0 Å². The number of carbonyl (C=O) groups excluding carboxylic acids is 2. The first-order valence-corrected chi connectivity index (χ1v) is 8.63. The maximum Gasteiger partial charge on any atom is 0.246 e. The third kappa shape index (κ3) is 4.24. The fourth-order valence-corrected chi connectivity index (χ4v) is 2.96. The van der Waals surface area contributed by atoms with E-state index in [2.05, 4.69) is 16.0 Å². The fourth-order valence-electron chi connectivity index (χ4n) is 2.62. The molecule has 2 aromatic carbocycles. The number of anilines is 3. The molecule has 1 atom stereocenters. The second-order valence-electron chi connectivity index (χ2n) is 5.90. The SMILES string of the molecule is C[C@H](Nc1ccc2c(c1)CCC(=O)N2)C(=O)Nc1cc(Cl)ccc1Cl. The molecule has 25 heavy (non-hydrogen) atoms. The molecule has 0 unspecified atom stereocenters. The molecule has 5 nitrogen and oxygen atoms in total. The molecule has 0 saturated carbocycles. The number of aryl methyl sites for hydroxylation is 1. The smallest absolute Gasteiger partial charge is 0.246 e. The maximum absolute atomic E-state index is 12.4. The monoisotopic (exact) mass is 377 g/mol. The minimum absolute atomic E-state index is 0.0272. The first-order chi connectivity index (χ1) is 11.9. The molecule has 2 aromatic rings. The molecule has 1 aliphatic heterocycles. The normalized spacial score (nSPS) is 14.3. The summed E-state index contributed by atoms with van der Waals surface area (Å²) in [6.07, 6.45) is 1.16. The van der Waals surface area contributed by atoms with Gasteiger partial charge in [-0.1, -0.05) is 23.2 Å². The van der Waals surface area contributed by atoms with Crippen molar-refractivity contribution in [2.75, 3.05) is 16.0 Å². The van der Waals surface area contributed by atoms with E-state index in [1.807, 2.05) is 18.2 Å². The van der Waals surface area contributed by atoms with Crippen LogP contribution in [0.1, 0.15) is 18.9 Å². The van der Waals surface area contributed by atoms with Crippen molar-refractivity contribution in [3.8, 4) is 0 Å². The van der Waals surface area contributed by atoms with Crippen LogP contribution >= 0.6 is 23.2 Å². The van der Waals surface area contributed by atoms with Crippen molar-refractivity contribution in [1.29, 1.82) is 0 Å². The zero-order chi connectivity index (χ0) is 18.0. The lowest BCUT2D eigenvalue weighted by Gasteiger charge is -2.20. The topological polar surface area (TPSA) is 70.2 Å². The first-order valence-electron chi connectivity index (χ1n) is 7.87. The van der Waals surface area contributed by atoms with Crippen molar-refractivity contribution in [2.45, 2.75) is 25.8 Å². The van der Waals surface area contributed by atoms with E-state index < -0.39 is 6.04 Å². The summed E-state index contributed by atoms with van der Waals surface area (Å²) in [6.45, 7) is 1.76. The molecule has 1 aliphatic rings. The Kier molecular flexibility index (Phi) is 5.16. The van der Waals surface area contributed by atoms with Crippen LogP contribution in [0, 0.1) is 0 Å². The minimum Gasteiger partial charge on any atom is -0.374 e. The highest BCUT2D eigenvalue weighted by Crippen LogP contribution is 2.27. The summed E-state index contributed by atoms with van der Waals surface area (Å²) in [6, 6.07) is 10.0. The molecule has 2 amide bonds. The van der Waals surface area contributed by atoms with Gasteiger partial charge in [0.2, 0.25) is 11.8 Å². The van der Waals surface area contributed by atoms with Crippen LogP contribution in [-0.4, -0.2) is 17.9 Å². The molecule has 0 aliphatic carbocycles. The van der Waals surface area contributed by atoms with Crippen LogP contribution in [0.25, 0.3) is 0 Å². The van der Waals surface area contributed by atoms with E-state index in [1.165, 1.54) is 0 Å². The van der Waals surface area contributed by atoms with Gasteiger partial charge in [-0.2, -0.15) is 0 Å². The number of rotatable bonds is 4. The van der Waals surface area contributed by atoms with E-state index in [4.69, 9.17) is 23.2 Å². The molecule has 3 N–H and O–H groups in total. The van der Waals surface area contributed by atoms with E-state index in [1.54, 1.807) is 25.1 Å². The number of benzene rings is 2. The van der Waals surface area contributed by atoms with Crippen molar-refractivity contribution < 1.29 is 9.59 Å². The van der Waals surface area contributed by atoms with Crippen LogP contribution in [0.5, 0.6) is 0 Å². The molecule has 0 saturated heterocycles. The van der Waals surface area contributed by atoms with Gasteiger partial charge in [0.15, 0.2) is 0 Å². The number of hydrogen-bond acceptors (Lipinski definition) is 3. The molecule has 7 heteroatoms. The highest BCUT2D eigenvalue weighted by atomic mass is 35.5. The Morgan fingerprint density at radius 3 is 2.76 bits per heavy atom. The Morgan fingerprint density at radius 2 is 1.96 bits per heavy atom. The summed E-state index contributed by atoms with van der Waals surface area (Å²) in [5.74, 6) is -0.199. The van der Waals surface area contributed by atoms with Crippen LogP contribution in [-0.2, 0) is 16.0 Å². The molecule has 1 heterocycles. The zero-order valence-electron chi connectivity index (χ0n) is 13.5. The highest BCUT2D eigenvalue weighted by molar-refractivity contribution is 6.35. The van der Waals surface area contributed by atoms with Gasteiger partial charge >= 0.3 is 0 Å². The molecular formula is C18H17Cl2N3O2. The third-order valence-corrected chi connectivity index (χ3v) is 4.53. The van der Waals surface area contributed by atoms with E-state index in [0.717, 1.165) is 16.9 Å². The van der Waals surface area contributed by atoms with Gasteiger partial charge in [0.05, 0.1) is 10.7 Å². The van der Waals surface area contributed by atoms with Gasteiger partial charge in [0, 0.05) is 22.8 Å². The second kappa shape index (κ2) is 7.33. The number of amides is 2. The van der Waals surface area contributed by atoms with E-state index in [-0.39, 0.29) is 11.8 Å². The lowest BCUT2D eigenvalue weighted by molar-refractivity contribution is -0.117. The van der Waals surface area contributed by atoms with E-state index in [0.29, 0.717) is 28.6 Å². The third-order valence-electron chi connectivity index (χ3n) is 3.96. The largest absolute Gasteiger partial charge is 0.374 e. The lowest BCUT2D eigenvalue weighted by atomic mass is 10.0. The Morgan fingerprint density at radius 1 is 1.16 bits per heavy atom. The number of halogens is 2. The van der Waals surface area contributed by atoms with Gasteiger partial charge in [0.25, 0.3) is 0 Å². The minimum atomic E-state index is -0.480. The highest BCUT2D eigenvalue weighted by Gasteiger charge is 2.17. The quantitative estimate of drug-likeness (QED) is 0.742. The van der Waals surface area contributed by atoms with Crippen molar-refractivity contribution in [2.24, 2.45) is 0 Å². The van der Waals surface area contributed by atoms with Crippen LogP contribution < -0.4 is 16.0 Å². The molecule has 3 rings (SSSR count). The van der Waals surface area contributed by atoms with Crippen molar-refractivity contribution in [3.05, 3.63) is 52.0 Å². The summed E-state index contributed by atoms with van der Waals surface area (Å²) in [4.78, 5) is 23.8. The van der Waals surface area contributed by atoms with E-state index >= 15 is 0 Å². The predicted molar refractivity (Wildman–Crippen MR) is 102 cm³/mol. The summed E-state index contributed by atoms with van der Waals surface area (Å²) in [7, 11) is 0. The molecule has 0 fully saturated rings. The van der Waals surface area contributed by atoms with Crippen molar-refractivity contribution >= 4 is 52.1 Å². The van der Waals surface area contributed by atoms with Crippen LogP contribution in [0.4, 0.5) is 17.1 Å². The predicted octanol–water partition coefficient (Wildman–Crippen LogP) is 4.32. The van der Waals surface area contributed by atoms with Gasteiger partial charge in [-0.15, -0.1) is 0 Å². The summed E-state index contributed by atoms with van der Waals surface area (Å²) < 4.78 is 0. The molecule has 0 aromatic heterocycles. The Labute approximate surface area is 155 Å². The number of fused-ring (bicyclic) bond motifs is 1. The van der Waals surface area contributed by atoms with E-state index in [9.17, 15) is 9.59 Å². The van der Waals surface area contributed by atoms with Crippen LogP contribution in [0.15, 0.2) is 36.4 Å². The van der Waals surface area contributed by atoms with Gasteiger partial charge in [-0.25, -0.2) is 0 Å². The van der Waals surface area contributed by atoms with Gasteiger partial charge in [-0.05, 0) is 55.3 Å². The molecular weight excluding hydrogens is 361 g/mol. The number of hydrogen-bond donors (Lipinski definition) is 3. The van der Waals surface area contributed by atoms with Gasteiger partial charge in [-0.3, -0.25) is 9.59 Å². The molecule has 0 bridgehead atoms. The van der Waals surface area contributed by atoms with Crippen molar-refractivity contribution in [1.82, 2.24) is 0 Å². The zero-order valence-corrected chi connectivity index (χ0v) is 15.0. The number of nitrogens with one attached hydrogen (secondary N) is 3. The van der Waals surface area contributed by atoms with Gasteiger partial charge < -0.3 is 16.0 Å². The summed E-state index contributed by atoms with van der Waals surface area (Å²) in [5, 5.41) is 9.68. The number of carbonyl (C=O) groups is 2. The van der Waals surface area contributed by atoms with Crippen LogP contribution in [0.3, 0.4) is 0 Å². The maximum atomic E-state index is 12.4. The Hall–Kier alpha value is -2.24. The van der Waals surface area contributed by atoms with Gasteiger partial charge in [0.1, 0.15) is 6.04 Å². The average molecular weight is 378 g/mol. The molecule has 0 radical (unpaired) electrons. The average Bonchev–Trinajstić information content (AvgIpc) is 2.58. The van der Waals surface area contributed by atoms with Crippen LogP contribution in [0.2, 0.25) is 10.0 Å². The summed E-state index contributed by atoms with van der Waals surface area (Å²) >= 11 is 12.0. The fraction of sp³-hybridized carbons (Fsp3) is 0.222. The standard InChI is InChI=1S/C18H17Cl2N3O2/c1-10(18(25)23-16-9-12(19)3-5-14(16)20)21-13-4-6-15-11(8-13)2-7-17(24)22-15/h3-6,8-10,21H,2,7H2,1H3,(H,22,24)(H,23,25)/t10-/m0/s1. The summed E-state index contributed by atoms with van der Waals surface area (Å²) in [5.41, 5.74) is 3.16. The second-order valence-corrected chi connectivity index (χ2v) is 6.74. The lowest BCUT2D eigenvalue weighted by Crippen LogP contribution is -2.32.